The third kappa shape index (κ3) is 2.26. The Kier molecular flexibility index (Phi) is 4.01. The Morgan fingerprint density at radius 3 is 2.40 bits per heavy atom. The van der Waals surface area contributed by atoms with Crippen molar-refractivity contribution in [2.75, 3.05) is 5.73 Å². The molecule has 0 atom stereocenters. The van der Waals surface area contributed by atoms with Gasteiger partial charge in [-0.3, -0.25) is 0 Å². The van der Waals surface area contributed by atoms with E-state index in [9.17, 15) is 4.39 Å². The Balaban J connectivity index is 2.58. The van der Waals surface area contributed by atoms with Gasteiger partial charge in [0.2, 0.25) is 0 Å². The molecule has 1 aromatic heterocycles. The van der Waals surface area contributed by atoms with E-state index in [1.54, 1.807) is 6.07 Å². The molecular weight excluding hydrogens is 257 g/mol. The molecule has 0 radical (unpaired) electrons. The van der Waals surface area contributed by atoms with E-state index < -0.39 is 0 Å². The number of nitrogens with two attached hydrogens (primary N) is 1. The monoisotopic (exact) mass is 277 g/mol. The number of nitrogens with zero attached hydrogens (tertiary/aromatic N) is 4. The molecule has 0 saturated carbocycles. The normalized spacial score (nSPS) is 11.8. The van der Waals surface area contributed by atoms with Crippen LogP contribution in [0.1, 0.15) is 40.0 Å². The maximum atomic E-state index is 13.2. The number of halogens is 1. The van der Waals surface area contributed by atoms with Crippen molar-refractivity contribution in [1.82, 2.24) is 20.2 Å². The summed E-state index contributed by atoms with van der Waals surface area (Å²) >= 11 is 0. The van der Waals surface area contributed by atoms with Crippen molar-refractivity contribution in [1.29, 1.82) is 0 Å². The predicted molar refractivity (Wildman–Crippen MR) is 76.5 cm³/mol. The first kappa shape index (κ1) is 14.4. The Morgan fingerprint density at radius 2 is 1.85 bits per heavy atom. The van der Waals surface area contributed by atoms with Gasteiger partial charge >= 0.3 is 0 Å². The Labute approximate surface area is 118 Å². The van der Waals surface area contributed by atoms with Gasteiger partial charge in [-0.2, -0.15) is 0 Å². The molecule has 5 nitrogen and oxygen atoms in total. The summed E-state index contributed by atoms with van der Waals surface area (Å²) in [6, 6.07) is 4.29. The smallest absolute Gasteiger partial charge is 0.184 e. The summed E-state index contributed by atoms with van der Waals surface area (Å²) in [7, 11) is 0. The van der Waals surface area contributed by atoms with Crippen molar-refractivity contribution >= 4 is 5.69 Å². The lowest BCUT2D eigenvalue weighted by molar-refractivity contribution is 0.223. The first-order valence-corrected chi connectivity index (χ1v) is 6.92. The van der Waals surface area contributed by atoms with Gasteiger partial charge in [0.05, 0.1) is 5.54 Å². The van der Waals surface area contributed by atoms with Gasteiger partial charge in [0, 0.05) is 11.3 Å². The number of hydrogen-bond donors (Lipinski definition) is 1. The van der Waals surface area contributed by atoms with Crippen LogP contribution in [0.25, 0.3) is 11.4 Å². The summed E-state index contributed by atoms with van der Waals surface area (Å²) in [5, 5.41) is 12.0. The van der Waals surface area contributed by atoms with Crippen molar-refractivity contribution in [2.45, 2.75) is 45.6 Å². The van der Waals surface area contributed by atoms with Crippen LogP contribution in [0.2, 0.25) is 0 Å². The van der Waals surface area contributed by atoms with Crippen molar-refractivity contribution in [2.24, 2.45) is 0 Å². The highest BCUT2D eigenvalue weighted by Gasteiger charge is 2.31. The van der Waals surface area contributed by atoms with Gasteiger partial charge in [0.1, 0.15) is 5.82 Å². The Hall–Kier alpha value is -1.98. The molecule has 0 aliphatic rings. The van der Waals surface area contributed by atoms with E-state index in [0.717, 1.165) is 19.3 Å². The number of nitrogen functional groups attached to an aromatic ring is 1. The van der Waals surface area contributed by atoms with E-state index in [0.29, 0.717) is 17.1 Å². The van der Waals surface area contributed by atoms with Gasteiger partial charge in [-0.15, -0.1) is 5.10 Å². The van der Waals surface area contributed by atoms with Gasteiger partial charge in [-0.05, 0) is 47.9 Å². The molecule has 6 heteroatoms. The number of rotatable bonds is 5. The summed E-state index contributed by atoms with van der Waals surface area (Å²) < 4.78 is 15.0. The summed E-state index contributed by atoms with van der Waals surface area (Å²) in [4.78, 5) is 0. The van der Waals surface area contributed by atoms with Crippen molar-refractivity contribution in [3.63, 3.8) is 0 Å². The largest absolute Gasteiger partial charge is 0.398 e. The summed E-state index contributed by atoms with van der Waals surface area (Å²) in [5.74, 6) is 0.228. The molecule has 2 rings (SSSR count). The Bertz CT molecular complexity index is 581. The average molecular weight is 277 g/mol. The third-order valence-corrected chi connectivity index (χ3v) is 4.15. The summed E-state index contributed by atoms with van der Waals surface area (Å²) in [5.41, 5.74) is 6.77. The van der Waals surface area contributed by atoms with Gasteiger partial charge < -0.3 is 5.73 Å². The topological polar surface area (TPSA) is 69.6 Å². The number of aromatic nitrogens is 4. The lowest BCUT2D eigenvalue weighted by atomic mass is 9.89. The predicted octanol–water partition coefficient (Wildman–Crippen LogP) is 2.99. The second-order valence-electron chi connectivity index (χ2n) is 4.93. The Morgan fingerprint density at radius 1 is 1.20 bits per heavy atom. The van der Waals surface area contributed by atoms with Crippen molar-refractivity contribution in [3.05, 3.63) is 24.0 Å². The van der Waals surface area contributed by atoms with Gasteiger partial charge in [0.25, 0.3) is 0 Å². The fourth-order valence-corrected chi connectivity index (χ4v) is 2.61. The molecule has 0 saturated heterocycles. The van der Waals surface area contributed by atoms with Gasteiger partial charge in [0.15, 0.2) is 5.82 Å². The minimum absolute atomic E-state index is 0.139. The second-order valence-corrected chi connectivity index (χ2v) is 4.93. The summed E-state index contributed by atoms with van der Waals surface area (Å²) in [6.45, 7) is 6.35. The lowest BCUT2D eigenvalue weighted by Gasteiger charge is -2.31. The van der Waals surface area contributed by atoms with Crippen LogP contribution in [0, 0.1) is 5.82 Å². The molecule has 0 aliphatic heterocycles. The molecule has 0 bridgehead atoms. The molecule has 108 valence electrons. The third-order valence-electron chi connectivity index (χ3n) is 4.15. The second kappa shape index (κ2) is 5.56. The van der Waals surface area contributed by atoms with E-state index >= 15 is 0 Å². The van der Waals surface area contributed by atoms with E-state index in [1.807, 2.05) is 4.68 Å². The van der Waals surface area contributed by atoms with Crippen LogP contribution in [-0.2, 0) is 5.54 Å². The van der Waals surface area contributed by atoms with Crippen LogP contribution < -0.4 is 5.73 Å². The molecule has 20 heavy (non-hydrogen) atoms. The molecule has 0 fully saturated rings. The van der Waals surface area contributed by atoms with E-state index in [1.165, 1.54) is 12.1 Å². The quantitative estimate of drug-likeness (QED) is 0.853. The highest BCUT2D eigenvalue weighted by atomic mass is 19.1. The maximum Gasteiger partial charge on any atom is 0.184 e. The molecule has 0 aliphatic carbocycles. The minimum Gasteiger partial charge on any atom is -0.398 e. The van der Waals surface area contributed by atoms with Crippen LogP contribution in [0.15, 0.2) is 18.2 Å². The number of benzene rings is 1. The molecular formula is C14H20FN5. The zero-order valence-corrected chi connectivity index (χ0v) is 12.1. The van der Waals surface area contributed by atoms with Crippen LogP contribution >= 0.6 is 0 Å². The average Bonchev–Trinajstić information content (AvgIpc) is 2.91. The number of hydrogen-bond acceptors (Lipinski definition) is 4. The van der Waals surface area contributed by atoms with E-state index in [-0.39, 0.29) is 11.4 Å². The van der Waals surface area contributed by atoms with E-state index in [4.69, 9.17) is 5.73 Å². The lowest BCUT2D eigenvalue weighted by Crippen LogP contribution is -2.33. The highest BCUT2D eigenvalue weighted by Crippen LogP contribution is 2.33. The fourth-order valence-electron chi connectivity index (χ4n) is 2.61. The molecule has 1 heterocycles. The van der Waals surface area contributed by atoms with Crippen LogP contribution in [0.3, 0.4) is 0 Å². The summed E-state index contributed by atoms with van der Waals surface area (Å²) in [6.07, 6.45) is 2.75. The van der Waals surface area contributed by atoms with Gasteiger partial charge in [-0.25, -0.2) is 9.07 Å². The van der Waals surface area contributed by atoms with Crippen LogP contribution in [-0.4, -0.2) is 20.2 Å². The SMILES string of the molecule is CCC(CC)(CC)n1nnnc1-c1ccc(F)cc1N. The standard InChI is InChI=1S/C14H20FN5/c1-4-14(5-2,6-3)20-13(17-18-19-20)11-8-7-10(15)9-12(11)16/h7-9H,4-6,16H2,1-3H3. The zero-order valence-electron chi connectivity index (χ0n) is 12.1. The molecule has 0 spiro atoms. The number of tetrazole rings is 1. The first-order chi connectivity index (χ1) is 9.57. The molecule has 0 amide bonds. The van der Waals surface area contributed by atoms with E-state index in [2.05, 4.69) is 36.3 Å². The number of anilines is 1. The first-order valence-electron chi connectivity index (χ1n) is 6.92. The fraction of sp³-hybridized carbons (Fsp3) is 0.500. The van der Waals surface area contributed by atoms with Crippen molar-refractivity contribution < 1.29 is 4.39 Å². The highest BCUT2D eigenvalue weighted by molar-refractivity contribution is 5.71. The molecule has 2 N–H and O–H groups in total. The van der Waals surface area contributed by atoms with Gasteiger partial charge in [-0.1, -0.05) is 20.8 Å². The maximum absolute atomic E-state index is 13.2. The van der Waals surface area contributed by atoms with Crippen LogP contribution in [0.5, 0.6) is 0 Å². The van der Waals surface area contributed by atoms with Crippen molar-refractivity contribution in [3.8, 4) is 11.4 Å². The molecule has 1 aromatic carbocycles. The van der Waals surface area contributed by atoms with Crippen LogP contribution in [0.4, 0.5) is 10.1 Å². The molecule has 2 aromatic rings. The molecule has 0 unspecified atom stereocenters. The minimum atomic E-state index is -0.363. The zero-order chi connectivity index (χ0) is 14.8.